The van der Waals surface area contributed by atoms with Gasteiger partial charge in [-0.2, -0.15) is 4.31 Å². The number of hydrogen-bond donors (Lipinski definition) is 2. The first-order valence-electron chi connectivity index (χ1n) is 9.27. The summed E-state index contributed by atoms with van der Waals surface area (Å²) in [5, 5.41) is 10.9. The Kier molecular flexibility index (Phi) is 5.64. The van der Waals surface area contributed by atoms with Crippen molar-refractivity contribution in [3.8, 4) is 0 Å². The number of aromatic nitrogens is 3. The van der Waals surface area contributed by atoms with Gasteiger partial charge >= 0.3 is 0 Å². The Balaban J connectivity index is 1.38. The number of aromatic amines is 1. The van der Waals surface area contributed by atoms with Crippen molar-refractivity contribution < 1.29 is 18.0 Å². The fourth-order valence-electron chi connectivity index (χ4n) is 3.34. The molecule has 2 N–H and O–H groups in total. The Morgan fingerprint density at radius 1 is 1.17 bits per heavy atom. The predicted molar refractivity (Wildman–Crippen MR) is 112 cm³/mol. The molecule has 158 valence electrons. The summed E-state index contributed by atoms with van der Waals surface area (Å²) in [7, 11) is -3.79. The van der Waals surface area contributed by atoms with Gasteiger partial charge < -0.3 is 10.3 Å². The second kappa shape index (κ2) is 8.22. The second-order valence-electron chi connectivity index (χ2n) is 6.91. The Morgan fingerprint density at radius 3 is 2.63 bits per heavy atom. The third kappa shape index (κ3) is 4.12. The lowest BCUT2D eigenvalue weighted by atomic mass is 10.1. The molecule has 3 aromatic rings. The Morgan fingerprint density at radius 2 is 1.90 bits per heavy atom. The quantitative estimate of drug-likeness (QED) is 0.428. The van der Waals surface area contributed by atoms with Gasteiger partial charge in [-0.05, 0) is 6.07 Å². The summed E-state index contributed by atoms with van der Waals surface area (Å²) in [6.07, 6.45) is 1.72. The lowest BCUT2D eigenvalue weighted by Crippen LogP contribution is -2.49. The molecular weight excluding hydrogens is 428 g/mol. The lowest BCUT2D eigenvalue weighted by molar-refractivity contribution is -0.114. The number of carbonyl (C=O) groups is 2. The zero-order valence-electron chi connectivity index (χ0n) is 16.2. The topological polar surface area (TPSA) is 128 Å². The van der Waals surface area contributed by atoms with Crippen LogP contribution in [0.5, 0.6) is 0 Å². The minimum absolute atomic E-state index is 0.00664. The SMILES string of the molecule is CC(=O)Nc1nnc(S(=O)(=O)N2CCN(CC(=O)c3c[nH]c4ccccc34)CC2)s1. The number of nitrogens with one attached hydrogen (secondary N) is 2. The molecule has 3 heterocycles. The molecule has 10 nitrogen and oxygen atoms in total. The molecule has 0 atom stereocenters. The fourth-order valence-corrected chi connectivity index (χ4v) is 5.85. The van der Waals surface area contributed by atoms with Crippen LogP contribution in [0.1, 0.15) is 17.3 Å². The van der Waals surface area contributed by atoms with Crippen molar-refractivity contribution in [3.63, 3.8) is 0 Å². The molecule has 1 aliphatic rings. The molecule has 1 aromatic carbocycles. The van der Waals surface area contributed by atoms with E-state index in [0.717, 1.165) is 22.2 Å². The number of anilines is 1. The summed E-state index contributed by atoms with van der Waals surface area (Å²) < 4.78 is 26.7. The van der Waals surface area contributed by atoms with Crippen molar-refractivity contribution in [1.29, 1.82) is 0 Å². The van der Waals surface area contributed by atoms with Crippen LogP contribution in [0.4, 0.5) is 5.13 Å². The molecule has 0 bridgehead atoms. The van der Waals surface area contributed by atoms with E-state index in [4.69, 9.17) is 0 Å². The van der Waals surface area contributed by atoms with Gasteiger partial charge in [-0.3, -0.25) is 14.5 Å². The molecule has 0 spiro atoms. The molecule has 4 rings (SSSR count). The summed E-state index contributed by atoms with van der Waals surface area (Å²) in [6, 6.07) is 7.62. The highest BCUT2D eigenvalue weighted by Gasteiger charge is 2.32. The van der Waals surface area contributed by atoms with E-state index in [9.17, 15) is 18.0 Å². The predicted octanol–water partition coefficient (Wildman–Crippen LogP) is 1.17. The first-order valence-corrected chi connectivity index (χ1v) is 11.5. The number of hydrogen-bond acceptors (Lipinski definition) is 8. The van der Waals surface area contributed by atoms with E-state index < -0.39 is 10.0 Å². The highest BCUT2D eigenvalue weighted by molar-refractivity contribution is 7.91. The molecule has 1 aliphatic heterocycles. The van der Waals surface area contributed by atoms with E-state index in [1.807, 2.05) is 29.2 Å². The number of fused-ring (bicyclic) bond motifs is 1. The second-order valence-corrected chi connectivity index (χ2v) is 9.99. The fraction of sp³-hybridized carbons (Fsp3) is 0.333. The van der Waals surface area contributed by atoms with Gasteiger partial charge in [0.05, 0.1) is 6.54 Å². The van der Waals surface area contributed by atoms with Crippen molar-refractivity contribution in [2.24, 2.45) is 0 Å². The van der Waals surface area contributed by atoms with Gasteiger partial charge in [0.1, 0.15) is 0 Å². The van der Waals surface area contributed by atoms with Crippen LogP contribution >= 0.6 is 11.3 Å². The van der Waals surface area contributed by atoms with Crippen LogP contribution in [0, 0.1) is 0 Å². The molecular formula is C18H20N6O4S2. The Hall–Kier alpha value is -2.67. The Bertz CT molecular complexity index is 1190. The lowest BCUT2D eigenvalue weighted by Gasteiger charge is -2.32. The highest BCUT2D eigenvalue weighted by Crippen LogP contribution is 2.24. The van der Waals surface area contributed by atoms with E-state index in [1.54, 1.807) is 6.20 Å². The maximum Gasteiger partial charge on any atom is 0.272 e. The van der Waals surface area contributed by atoms with Gasteiger partial charge in [-0.1, -0.05) is 29.5 Å². The number of rotatable bonds is 6. The molecule has 12 heteroatoms. The highest BCUT2D eigenvalue weighted by atomic mass is 32.2. The molecule has 0 saturated carbocycles. The van der Waals surface area contributed by atoms with Crippen molar-refractivity contribution >= 4 is 49.1 Å². The number of nitrogens with zero attached hydrogens (tertiary/aromatic N) is 4. The summed E-state index contributed by atoms with van der Waals surface area (Å²) in [4.78, 5) is 28.9. The summed E-state index contributed by atoms with van der Waals surface area (Å²) in [6.45, 7) is 2.90. The normalized spacial score (nSPS) is 16.0. The van der Waals surface area contributed by atoms with Crippen molar-refractivity contribution in [2.75, 3.05) is 38.0 Å². The maximum atomic E-state index is 12.8. The van der Waals surface area contributed by atoms with Gasteiger partial charge in [-0.15, -0.1) is 10.2 Å². The third-order valence-corrected chi connectivity index (χ3v) is 7.92. The molecule has 0 radical (unpaired) electrons. The number of ketones is 1. The molecule has 1 amide bonds. The summed E-state index contributed by atoms with van der Waals surface area (Å²) in [5.41, 5.74) is 1.55. The van der Waals surface area contributed by atoms with Crippen molar-refractivity contribution in [1.82, 2.24) is 24.4 Å². The van der Waals surface area contributed by atoms with Crippen molar-refractivity contribution in [3.05, 3.63) is 36.0 Å². The molecule has 1 saturated heterocycles. The third-order valence-electron chi connectivity index (χ3n) is 4.84. The monoisotopic (exact) mass is 448 g/mol. The molecule has 1 fully saturated rings. The van der Waals surface area contributed by atoms with Gasteiger partial charge in [-0.25, -0.2) is 8.42 Å². The largest absolute Gasteiger partial charge is 0.360 e. The van der Waals surface area contributed by atoms with Gasteiger partial charge in [0.25, 0.3) is 10.0 Å². The molecule has 30 heavy (non-hydrogen) atoms. The van der Waals surface area contributed by atoms with Crippen LogP contribution in [0.2, 0.25) is 0 Å². The zero-order chi connectivity index (χ0) is 21.3. The zero-order valence-corrected chi connectivity index (χ0v) is 17.8. The van der Waals surface area contributed by atoms with E-state index in [0.29, 0.717) is 18.7 Å². The van der Waals surface area contributed by atoms with Crippen LogP contribution in [-0.2, 0) is 14.8 Å². The number of para-hydroxylation sites is 1. The minimum Gasteiger partial charge on any atom is -0.360 e. The molecule has 0 unspecified atom stereocenters. The van der Waals surface area contributed by atoms with Crippen molar-refractivity contribution in [2.45, 2.75) is 11.3 Å². The van der Waals surface area contributed by atoms with E-state index >= 15 is 0 Å². The number of Topliss-reactive ketones (excluding diaryl/α,β-unsaturated/α-hetero) is 1. The van der Waals surface area contributed by atoms with Crippen LogP contribution in [0.3, 0.4) is 0 Å². The van der Waals surface area contributed by atoms with E-state index in [2.05, 4.69) is 20.5 Å². The van der Waals surface area contributed by atoms with Crippen LogP contribution in [0.25, 0.3) is 10.9 Å². The number of amides is 1. The van der Waals surface area contributed by atoms with Gasteiger partial charge in [0.2, 0.25) is 15.4 Å². The molecule has 2 aromatic heterocycles. The first kappa shape index (κ1) is 20.6. The average molecular weight is 449 g/mol. The number of piperazine rings is 1. The van der Waals surface area contributed by atoms with Crippen LogP contribution < -0.4 is 5.32 Å². The van der Waals surface area contributed by atoms with E-state index in [-0.39, 0.29) is 40.8 Å². The number of sulfonamides is 1. The summed E-state index contributed by atoms with van der Waals surface area (Å²) >= 11 is 0.818. The summed E-state index contributed by atoms with van der Waals surface area (Å²) in [5.74, 6) is -0.351. The number of benzene rings is 1. The van der Waals surface area contributed by atoms with E-state index in [1.165, 1.54) is 11.2 Å². The standard InChI is InChI=1S/C18H20N6O4S2/c1-12(25)20-17-21-22-18(29-17)30(27,28)24-8-6-23(7-9-24)11-16(26)14-10-19-15-5-3-2-4-13(14)15/h2-5,10,19H,6-9,11H2,1H3,(H,20,21,25). The average Bonchev–Trinajstić information content (AvgIpc) is 3.35. The van der Waals surface area contributed by atoms with Crippen LogP contribution in [0.15, 0.2) is 34.8 Å². The smallest absolute Gasteiger partial charge is 0.272 e. The van der Waals surface area contributed by atoms with Gasteiger partial charge in [0.15, 0.2) is 5.78 Å². The van der Waals surface area contributed by atoms with Gasteiger partial charge in [0, 0.05) is 55.8 Å². The molecule has 0 aliphatic carbocycles. The number of H-pyrrole nitrogens is 1. The minimum atomic E-state index is -3.79. The number of carbonyl (C=O) groups excluding carboxylic acids is 2. The maximum absolute atomic E-state index is 12.8. The van der Waals surface area contributed by atoms with Crippen LogP contribution in [-0.4, -0.2) is 77.2 Å². The Labute approximate surface area is 176 Å². The first-order chi connectivity index (χ1) is 14.3.